The van der Waals surface area contributed by atoms with Gasteiger partial charge < -0.3 is 20.1 Å². The monoisotopic (exact) mass is 390 g/mol. The summed E-state index contributed by atoms with van der Waals surface area (Å²) in [4.78, 5) is 0. The molecule has 156 valence electrons. The van der Waals surface area contributed by atoms with Gasteiger partial charge in [0.2, 0.25) is 0 Å². The molecule has 5 heteroatoms. The lowest BCUT2D eigenvalue weighted by Gasteiger charge is -2.13. The molecular formula is C21H42O4S. The topological polar surface area (TPSA) is 69.9 Å². The number of rotatable bonds is 17. The fraction of sp³-hybridized carbons (Fsp3) is 1.00. The molecule has 4 nitrogen and oxygen atoms in total. The molecule has 1 aliphatic heterocycles. The van der Waals surface area contributed by atoms with Gasteiger partial charge in [0, 0.05) is 5.75 Å². The van der Waals surface area contributed by atoms with Crippen LogP contribution in [0.3, 0.4) is 0 Å². The minimum absolute atomic E-state index is 0.448. The van der Waals surface area contributed by atoms with Crippen LogP contribution in [-0.4, -0.2) is 51.4 Å². The highest BCUT2D eigenvalue weighted by Crippen LogP contribution is 2.23. The van der Waals surface area contributed by atoms with Crippen LogP contribution in [-0.2, 0) is 4.74 Å². The van der Waals surface area contributed by atoms with E-state index in [9.17, 15) is 15.3 Å². The molecule has 0 spiro atoms. The SMILES string of the molecule is CCCCCCCCCCCCCCCCSC[C@H]1OC(O)[C@H](O)[C@H]1O. The van der Waals surface area contributed by atoms with Crippen molar-refractivity contribution in [2.75, 3.05) is 11.5 Å². The number of aliphatic hydroxyl groups excluding tert-OH is 3. The third-order valence-corrected chi connectivity index (χ3v) is 6.40. The standard InChI is InChI=1S/C21H42O4S/c1-2-3-4-5-6-7-8-9-10-11-12-13-14-15-16-26-17-18-19(22)20(23)21(24)25-18/h18-24H,2-17H2,1H3/t18-,19+,20-,21?/m1/s1. The van der Waals surface area contributed by atoms with Gasteiger partial charge in [0.25, 0.3) is 0 Å². The molecule has 0 aromatic rings. The molecule has 0 radical (unpaired) electrons. The van der Waals surface area contributed by atoms with E-state index >= 15 is 0 Å². The molecule has 26 heavy (non-hydrogen) atoms. The van der Waals surface area contributed by atoms with Crippen LogP contribution in [0.2, 0.25) is 0 Å². The molecule has 0 aromatic carbocycles. The van der Waals surface area contributed by atoms with Gasteiger partial charge in [0.05, 0.1) is 6.10 Å². The van der Waals surface area contributed by atoms with Gasteiger partial charge >= 0.3 is 0 Å². The number of thioether (sulfide) groups is 1. The van der Waals surface area contributed by atoms with Gasteiger partial charge in [-0.05, 0) is 12.2 Å². The van der Waals surface area contributed by atoms with Crippen LogP contribution in [0.4, 0.5) is 0 Å². The summed E-state index contributed by atoms with van der Waals surface area (Å²) in [7, 11) is 0. The average molecular weight is 391 g/mol. The Labute approximate surface area is 165 Å². The van der Waals surface area contributed by atoms with Crippen molar-refractivity contribution >= 4 is 11.8 Å². The third-order valence-electron chi connectivity index (χ3n) is 5.26. The summed E-state index contributed by atoms with van der Waals surface area (Å²) < 4.78 is 5.14. The number of unbranched alkanes of at least 4 members (excludes halogenated alkanes) is 13. The first-order valence-electron chi connectivity index (χ1n) is 10.9. The molecular weight excluding hydrogens is 348 g/mol. The molecule has 1 saturated heterocycles. The van der Waals surface area contributed by atoms with Crippen LogP contribution >= 0.6 is 11.8 Å². The van der Waals surface area contributed by atoms with Gasteiger partial charge in [-0.15, -0.1) is 0 Å². The van der Waals surface area contributed by atoms with Crippen LogP contribution in [0.1, 0.15) is 96.8 Å². The largest absolute Gasteiger partial charge is 0.387 e. The predicted octanol–water partition coefficient (Wildman–Crippen LogP) is 4.64. The number of aliphatic hydroxyl groups is 3. The van der Waals surface area contributed by atoms with Crippen molar-refractivity contribution < 1.29 is 20.1 Å². The zero-order chi connectivity index (χ0) is 19.0. The average Bonchev–Trinajstić information content (AvgIpc) is 2.88. The Bertz CT molecular complexity index is 316. The zero-order valence-corrected chi connectivity index (χ0v) is 17.6. The first-order valence-corrected chi connectivity index (χ1v) is 12.1. The minimum atomic E-state index is -1.24. The normalized spacial score (nSPS) is 25.8. The van der Waals surface area contributed by atoms with Crippen LogP contribution in [0.15, 0.2) is 0 Å². The molecule has 1 heterocycles. The van der Waals surface area contributed by atoms with Crippen molar-refractivity contribution in [2.45, 2.75) is 121 Å². The summed E-state index contributed by atoms with van der Waals surface area (Å²) in [6, 6.07) is 0. The highest BCUT2D eigenvalue weighted by atomic mass is 32.2. The molecule has 1 rings (SSSR count). The van der Waals surface area contributed by atoms with Gasteiger partial charge in [-0.25, -0.2) is 0 Å². The van der Waals surface area contributed by atoms with Crippen molar-refractivity contribution in [3.05, 3.63) is 0 Å². The highest BCUT2D eigenvalue weighted by molar-refractivity contribution is 7.99. The zero-order valence-electron chi connectivity index (χ0n) is 16.8. The molecule has 0 saturated carbocycles. The number of ether oxygens (including phenoxy) is 1. The molecule has 4 atom stereocenters. The van der Waals surface area contributed by atoms with Gasteiger partial charge in [0.1, 0.15) is 12.2 Å². The van der Waals surface area contributed by atoms with E-state index in [1.165, 1.54) is 89.9 Å². The summed E-state index contributed by atoms with van der Waals surface area (Å²) >= 11 is 1.74. The first-order chi connectivity index (χ1) is 12.7. The van der Waals surface area contributed by atoms with Gasteiger partial charge in [-0.2, -0.15) is 11.8 Å². The van der Waals surface area contributed by atoms with Gasteiger partial charge in [-0.3, -0.25) is 0 Å². The Hall–Kier alpha value is 0.190. The Kier molecular flexibility index (Phi) is 15.1. The lowest BCUT2D eigenvalue weighted by molar-refractivity contribution is -0.123. The summed E-state index contributed by atoms with van der Waals surface area (Å²) in [6.07, 6.45) is 15.4. The first kappa shape index (κ1) is 24.2. The second-order valence-electron chi connectivity index (χ2n) is 7.72. The van der Waals surface area contributed by atoms with Crippen molar-refractivity contribution in [2.24, 2.45) is 0 Å². The van der Waals surface area contributed by atoms with Crippen LogP contribution in [0.25, 0.3) is 0 Å². The van der Waals surface area contributed by atoms with E-state index < -0.39 is 24.6 Å². The van der Waals surface area contributed by atoms with Crippen molar-refractivity contribution in [3.63, 3.8) is 0 Å². The van der Waals surface area contributed by atoms with E-state index in [4.69, 9.17) is 4.74 Å². The number of hydrogen-bond acceptors (Lipinski definition) is 5. The Balaban J connectivity index is 1.75. The number of hydrogen-bond donors (Lipinski definition) is 3. The van der Waals surface area contributed by atoms with E-state index in [2.05, 4.69) is 6.92 Å². The van der Waals surface area contributed by atoms with Crippen LogP contribution in [0, 0.1) is 0 Å². The molecule has 0 aromatic heterocycles. The molecule has 1 unspecified atom stereocenters. The molecule has 1 aliphatic rings. The maximum absolute atomic E-state index is 9.71. The highest BCUT2D eigenvalue weighted by Gasteiger charge is 2.41. The summed E-state index contributed by atoms with van der Waals surface area (Å²) in [6.45, 7) is 2.27. The maximum Gasteiger partial charge on any atom is 0.183 e. The summed E-state index contributed by atoms with van der Waals surface area (Å²) in [5.74, 6) is 1.69. The third kappa shape index (κ3) is 11.1. The van der Waals surface area contributed by atoms with Gasteiger partial charge in [-0.1, -0.05) is 90.4 Å². The maximum atomic E-state index is 9.71. The smallest absolute Gasteiger partial charge is 0.183 e. The molecule has 1 fully saturated rings. The Morgan fingerprint density at radius 1 is 0.654 bits per heavy atom. The molecule has 0 aliphatic carbocycles. The molecule has 3 N–H and O–H groups in total. The minimum Gasteiger partial charge on any atom is -0.387 e. The van der Waals surface area contributed by atoms with E-state index in [1.54, 1.807) is 11.8 Å². The van der Waals surface area contributed by atoms with Gasteiger partial charge in [0.15, 0.2) is 6.29 Å². The summed E-state index contributed by atoms with van der Waals surface area (Å²) in [5, 5.41) is 28.5. The fourth-order valence-electron chi connectivity index (χ4n) is 3.46. The second-order valence-corrected chi connectivity index (χ2v) is 8.87. The second kappa shape index (κ2) is 16.2. The van der Waals surface area contributed by atoms with E-state index in [0.29, 0.717) is 5.75 Å². The molecule has 0 bridgehead atoms. The predicted molar refractivity (Wildman–Crippen MR) is 111 cm³/mol. The summed E-state index contributed by atoms with van der Waals surface area (Å²) in [5.41, 5.74) is 0. The van der Waals surface area contributed by atoms with E-state index in [-0.39, 0.29) is 0 Å². The van der Waals surface area contributed by atoms with Crippen LogP contribution in [0.5, 0.6) is 0 Å². The Morgan fingerprint density at radius 3 is 1.54 bits per heavy atom. The molecule has 0 amide bonds. The van der Waals surface area contributed by atoms with Crippen LogP contribution < -0.4 is 0 Å². The van der Waals surface area contributed by atoms with E-state index in [1.807, 2.05) is 0 Å². The van der Waals surface area contributed by atoms with Crippen molar-refractivity contribution in [3.8, 4) is 0 Å². The Morgan fingerprint density at radius 2 is 1.12 bits per heavy atom. The lowest BCUT2D eigenvalue weighted by atomic mass is 10.0. The quantitative estimate of drug-likeness (QED) is 0.316. The fourth-order valence-corrected chi connectivity index (χ4v) is 4.55. The van der Waals surface area contributed by atoms with Crippen molar-refractivity contribution in [1.82, 2.24) is 0 Å². The lowest BCUT2D eigenvalue weighted by Crippen LogP contribution is -2.33. The van der Waals surface area contributed by atoms with E-state index in [0.717, 1.165) is 5.75 Å². The van der Waals surface area contributed by atoms with Crippen molar-refractivity contribution in [1.29, 1.82) is 0 Å².